The molecule has 0 heterocycles. The number of hydrogen-bond donors (Lipinski definition) is 0. The van der Waals surface area contributed by atoms with Crippen molar-refractivity contribution in [2.24, 2.45) is 0 Å². The second kappa shape index (κ2) is 5.14. The Morgan fingerprint density at radius 2 is 1.90 bits per heavy atom. The van der Waals surface area contributed by atoms with E-state index in [2.05, 4.69) is 51.8 Å². The van der Waals surface area contributed by atoms with Crippen molar-refractivity contribution < 1.29 is 0 Å². The molecule has 0 spiro atoms. The maximum atomic E-state index is 3.49. The van der Waals surface area contributed by atoms with E-state index in [4.69, 9.17) is 0 Å². The molecule has 58 valence electrons. The van der Waals surface area contributed by atoms with E-state index in [0.29, 0.717) is 0 Å². The van der Waals surface area contributed by atoms with Crippen LogP contribution in [0.3, 0.4) is 0 Å². The fourth-order valence-electron chi connectivity index (χ4n) is 0.496. The lowest BCUT2D eigenvalue weighted by molar-refractivity contribution is 1.19. The molecule has 0 atom stereocenters. The van der Waals surface area contributed by atoms with Crippen LogP contribution in [-0.2, 0) is 0 Å². The van der Waals surface area contributed by atoms with Gasteiger partial charge in [-0.25, -0.2) is 0 Å². The third-order valence-corrected chi connectivity index (χ3v) is 3.92. The summed E-state index contributed by atoms with van der Waals surface area (Å²) in [5, 5.41) is 0. The lowest BCUT2D eigenvalue weighted by atomic mass is 10.2. The molecule has 0 saturated heterocycles. The average Bonchev–Trinajstić information content (AvgIpc) is 2.00. The second-order valence-corrected chi connectivity index (χ2v) is 3.79. The first-order chi connectivity index (χ1) is 4.63. The monoisotopic (exact) mass is 266 g/mol. The van der Waals surface area contributed by atoms with Crippen molar-refractivity contribution >= 4 is 31.9 Å². The molecule has 0 fully saturated rings. The molecule has 0 bridgehead atoms. The Bertz CT molecular complexity index is 166. The zero-order chi connectivity index (χ0) is 8.15. The Hall–Kier alpha value is 0.440. The predicted octanol–water partition coefficient (Wildman–Crippen LogP) is 4.36. The first-order valence-corrected chi connectivity index (χ1v) is 4.89. The van der Waals surface area contributed by atoms with Crippen LogP contribution >= 0.6 is 31.9 Å². The first kappa shape index (κ1) is 10.4. The summed E-state index contributed by atoms with van der Waals surface area (Å²) in [5.74, 6) is 0. The SMILES string of the molecule is CC=C(C)/C(Br)=C(\Br)CC. The Balaban J connectivity index is 4.46. The van der Waals surface area contributed by atoms with Crippen molar-refractivity contribution in [3.63, 3.8) is 0 Å². The lowest BCUT2D eigenvalue weighted by Crippen LogP contribution is -1.77. The van der Waals surface area contributed by atoms with Crippen LogP contribution in [0.1, 0.15) is 27.2 Å². The van der Waals surface area contributed by atoms with Crippen LogP contribution in [0.15, 0.2) is 20.6 Å². The van der Waals surface area contributed by atoms with E-state index in [1.165, 1.54) is 14.5 Å². The molecule has 0 radical (unpaired) electrons. The van der Waals surface area contributed by atoms with Crippen molar-refractivity contribution in [1.82, 2.24) is 0 Å². The second-order valence-electron chi connectivity index (χ2n) is 2.04. The molecule has 0 aliphatic heterocycles. The lowest BCUT2D eigenvalue weighted by Gasteiger charge is -2.00. The van der Waals surface area contributed by atoms with Crippen molar-refractivity contribution in [1.29, 1.82) is 0 Å². The summed E-state index contributed by atoms with van der Waals surface area (Å²) < 4.78 is 2.40. The van der Waals surface area contributed by atoms with Gasteiger partial charge in [0.2, 0.25) is 0 Å². The minimum Gasteiger partial charge on any atom is -0.0836 e. The molecule has 0 saturated carbocycles. The topological polar surface area (TPSA) is 0 Å². The summed E-state index contributed by atoms with van der Waals surface area (Å²) in [4.78, 5) is 0. The molecule has 0 amide bonds. The van der Waals surface area contributed by atoms with Crippen molar-refractivity contribution in [2.45, 2.75) is 27.2 Å². The average molecular weight is 268 g/mol. The number of hydrogen-bond acceptors (Lipinski definition) is 0. The molecular formula is C8H12Br2. The minimum absolute atomic E-state index is 1.03. The highest BCUT2D eigenvalue weighted by Crippen LogP contribution is 2.26. The van der Waals surface area contributed by atoms with Crippen molar-refractivity contribution in [2.75, 3.05) is 0 Å². The van der Waals surface area contributed by atoms with Crippen molar-refractivity contribution in [3.8, 4) is 0 Å². The molecule has 0 N–H and O–H groups in total. The van der Waals surface area contributed by atoms with E-state index in [-0.39, 0.29) is 0 Å². The zero-order valence-electron chi connectivity index (χ0n) is 6.54. The maximum Gasteiger partial charge on any atom is 0.0302 e. The number of rotatable bonds is 2. The Morgan fingerprint density at radius 1 is 1.40 bits per heavy atom. The standard InChI is InChI=1S/C8H12Br2/c1-4-6(3)8(10)7(9)5-2/h4H,5H2,1-3H3/b6-4?,8-7+. The molecule has 2 heteroatoms. The highest BCUT2D eigenvalue weighted by atomic mass is 79.9. The molecule has 0 nitrogen and oxygen atoms in total. The van der Waals surface area contributed by atoms with E-state index in [1.54, 1.807) is 0 Å². The van der Waals surface area contributed by atoms with Gasteiger partial charge in [-0.15, -0.1) is 0 Å². The fourth-order valence-corrected chi connectivity index (χ4v) is 1.32. The van der Waals surface area contributed by atoms with E-state index >= 15 is 0 Å². The van der Waals surface area contributed by atoms with E-state index in [9.17, 15) is 0 Å². The van der Waals surface area contributed by atoms with Gasteiger partial charge in [-0.2, -0.15) is 0 Å². The Kier molecular flexibility index (Phi) is 5.36. The molecule has 0 aromatic rings. The molecule has 0 unspecified atom stereocenters. The van der Waals surface area contributed by atoms with Crippen LogP contribution in [-0.4, -0.2) is 0 Å². The summed E-state index contributed by atoms with van der Waals surface area (Å²) >= 11 is 6.97. The highest BCUT2D eigenvalue weighted by molar-refractivity contribution is 9.14. The normalized spacial score (nSPS) is 15.1. The third kappa shape index (κ3) is 3.02. The summed E-state index contributed by atoms with van der Waals surface area (Å²) in [5.41, 5.74) is 1.27. The fraction of sp³-hybridized carbons (Fsp3) is 0.500. The van der Waals surface area contributed by atoms with Gasteiger partial charge in [-0.05, 0) is 41.8 Å². The number of halogens is 2. The van der Waals surface area contributed by atoms with Crippen LogP contribution < -0.4 is 0 Å². The smallest absolute Gasteiger partial charge is 0.0302 e. The van der Waals surface area contributed by atoms with Gasteiger partial charge < -0.3 is 0 Å². The predicted molar refractivity (Wildman–Crippen MR) is 54.6 cm³/mol. The molecule has 0 rings (SSSR count). The van der Waals surface area contributed by atoms with Crippen LogP contribution in [0.5, 0.6) is 0 Å². The van der Waals surface area contributed by atoms with Crippen LogP contribution in [0, 0.1) is 0 Å². The third-order valence-electron chi connectivity index (χ3n) is 1.33. The first-order valence-electron chi connectivity index (χ1n) is 3.30. The summed E-state index contributed by atoms with van der Waals surface area (Å²) in [6, 6.07) is 0. The van der Waals surface area contributed by atoms with Gasteiger partial charge in [0, 0.05) is 8.96 Å². The molecule has 0 aliphatic rings. The minimum atomic E-state index is 1.03. The van der Waals surface area contributed by atoms with Crippen molar-refractivity contribution in [3.05, 3.63) is 20.6 Å². The van der Waals surface area contributed by atoms with Gasteiger partial charge in [0.15, 0.2) is 0 Å². The summed E-state index contributed by atoms with van der Waals surface area (Å²) in [7, 11) is 0. The highest BCUT2D eigenvalue weighted by Gasteiger charge is 1.98. The van der Waals surface area contributed by atoms with Crippen LogP contribution in [0.4, 0.5) is 0 Å². The van der Waals surface area contributed by atoms with Gasteiger partial charge in [0.05, 0.1) is 0 Å². The van der Waals surface area contributed by atoms with E-state index in [0.717, 1.165) is 6.42 Å². The number of allylic oxidation sites excluding steroid dienone is 4. The van der Waals surface area contributed by atoms with Gasteiger partial charge >= 0.3 is 0 Å². The molecule has 0 aromatic carbocycles. The van der Waals surface area contributed by atoms with E-state index in [1.807, 2.05) is 6.92 Å². The van der Waals surface area contributed by atoms with Gasteiger partial charge in [-0.3, -0.25) is 0 Å². The molecule has 10 heavy (non-hydrogen) atoms. The quantitative estimate of drug-likeness (QED) is 0.652. The summed E-state index contributed by atoms with van der Waals surface area (Å²) in [6.07, 6.45) is 3.12. The molecular weight excluding hydrogens is 256 g/mol. The van der Waals surface area contributed by atoms with Gasteiger partial charge in [-0.1, -0.05) is 28.9 Å². The van der Waals surface area contributed by atoms with Gasteiger partial charge in [0.25, 0.3) is 0 Å². The summed E-state index contributed by atoms with van der Waals surface area (Å²) in [6.45, 7) is 6.24. The van der Waals surface area contributed by atoms with Crippen LogP contribution in [0.25, 0.3) is 0 Å². The van der Waals surface area contributed by atoms with E-state index < -0.39 is 0 Å². The molecule has 0 aliphatic carbocycles. The van der Waals surface area contributed by atoms with Crippen LogP contribution in [0.2, 0.25) is 0 Å². The zero-order valence-corrected chi connectivity index (χ0v) is 9.71. The Morgan fingerprint density at radius 3 is 2.20 bits per heavy atom. The van der Waals surface area contributed by atoms with Gasteiger partial charge in [0.1, 0.15) is 0 Å². The maximum absolute atomic E-state index is 3.49. The largest absolute Gasteiger partial charge is 0.0836 e. The Labute approximate surface area is 79.6 Å². The molecule has 0 aromatic heterocycles.